The Morgan fingerprint density at radius 1 is 1.05 bits per heavy atom. The van der Waals surface area contributed by atoms with Crippen molar-refractivity contribution in [2.24, 2.45) is 5.41 Å². The molecule has 2 fully saturated rings. The van der Waals surface area contributed by atoms with Gasteiger partial charge in [-0.1, -0.05) is 62.2 Å². The Kier molecular flexibility index (Phi) is 8.16. The number of nitrogens with zero attached hydrogens (tertiary/aromatic N) is 2. The van der Waals surface area contributed by atoms with E-state index in [9.17, 15) is 9.59 Å². The third-order valence-corrected chi connectivity index (χ3v) is 9.14. The first-order valence-electron chi connectivity index (χ1n) is 14.1. The highest BCUT2D eigenvalue weighted by Crippen LogP contribution is 2.57. The van der Waals surface area contributed by atoms with Gasteiger partial charge in [-0.15, -0.1) is 0 Å². The Hall–Kier alpha value is -1.96. The molecule has 6 nitrogen and oxygen atoms in total. The van der Waals surface area contributed by atoms with Crippen molar-refractivity contribution in [2.75, 3.05) is 45.1 Å². The minimum absolute atomic E-state index is 0.0711. The molecule has 0 aromatic heterocycles. The third-order valence-electron chi connectivity index (χ3n) is 8.67. The van der Waals surface area contributed by atoms with Crippen LogP contribution in [0.25, 0.3) is 0 Å². The Bertz CT molecular complexity index is 1240. The van der Waals surface area contributed by atoms with Gasteiger partial charge in [0, 0.05) is 60.3 Å². The number of carbonyl (C=O) groups is 2. The van der Waals surface area contributed by atoms with Gasteiger partial charge in [-0.25, -0.2) is 0 Å². The highest BCUT2D eigenvalue weighted by Gasteiger charge is 2.65. The van der Waals surface area contributed by atoms with Gasteiger partial charge in [-0.3, -0.25) is 9.59 Å². The fraction of sp³-hybridized carbons (Fsp3) is 0.548. The molecule has 1 spiro atoms. The van der Waals surface area contributed by atoms with Crippen LogP contribution in [0, 0.1) is 5.41 Å². The lowest BCUT2D eigenvalue weighted by molar-refractivity contribution is -0.122. The van der Waals surface area contributed by atoms with E-state index in [1.807, 2.05) is 42.5 Å². The lowest BCUT2D eigenvalue weighted by Crippen LogP contribution is -2.49. The lowest BCUT2D eigenvalue weighted by Gasteiger charge is -2.37. The Morgan fingerprint density at radius 2 is 1.77 bits per heavy atom. The number of nitrogens with one attached hydrogen (secondary N) is 2. The highest BCUT2D eigenvalue weighted by molar-refractivity contribution is 6.31. The SMILES string of the molecule is CN1CCN(CCCC(=O)[C@@H]2N[C@H](CC(C)(C)C)[C@]3(C(=O)Nc4cc(Cl)ccc43)[C@H]2c2cccc(Cl)c2)CC1. The van der Waals surface area contributed by atoms with Crippen molar-refractivity contribution in [3.63, 3.8) is 0 Å². The van der Waals surface area contributed by atoms with E-state index in [4.69, 9.17) is 23.2 Å². The summed E-state index contributed by atoms with van der Waals surface area (Å²) in [5.41, 5.74) is 1.50. The van der Waals surface area contributed by atoms with Crippen molar-refractivity contribution in [3.8, 4) is 0 Å². The van der Waals surface area contributed by atoms with Gasteiger partial charge in [0.2, 0.25) is 5.91 Å². The number of anilines is 1. The second-order valence-electron chi connectivity index (χ2n) is 12.7. The molecular weight excluding hydrogens is 531 g/mol. The van der Waals surface area contributed by atoms with Crippen LogP contribution in [0.2, 0.25) is 10.0 Å². The number of fused-ring (bicyclic) bond motifs is 2. The summed E-state index contributed by atoms with van der Waals surface area (Å²) in [5, 5.41) is 8.02. The van der Waals surface area contributed by atoms with Gasteiger partial charge in [-0.05, 0) is 67.2 Å². The van der Waals surface area contributed by atoms with Crippen molar-refractivity contribution in [3.05, 3.63) is 63.6 Å². The number of hydrogen-bond acceptors (Lipinski definition) is 5. The first kappa shape index (κ1) is 28.6. The van der Waals surface area contributed by atoms with Crippen LogP contribution in [-0.4, -0.2) is 73.3 Å². The van der Waals surface area contributed by atoms with Gasteiger partial charge in [0.25, 0.3) is 0 Å². The minimum Gasteiger partial charge on any atom is -0.325 e. The zero-order chi connectivity index (χ0) is 27.9. The molecular formula is C31H40Cl2N4O2. The lowest BCUT2D eigenvalue weighted by atomic mass is 9.62. The molecule has 39 heavy (non-hydrogen) atoms. The predicted molar refractivity (Wildman–Crippen MR) is 159 cm³/mol. The van der Waals surface area contributed by atoms with Gasteiger partial charge in [0.1, 0.15) is 11.2 Å². The van der Waals surface area contributed by atoms with Gasteiger partial charge in [0.05, 0.1) is 6.04 Å². The van der Waals surface area contributed by atoms with E-state index in [0.717, 1.165) is 62.4 Å². The molecule has 3 heterocycles. The van der Waals surface area contributed by atoms with Crippen molar-refractivity contribution in [1.82, 2.24) is 15.1 Å². The van der Waals surface area contributed by atoms with Crippen molar-refractivity contribution in [2.45, 2.75) is 63.5 Å². The largest absolute Gasteiger partial charge is 0.325 e. The van der Waals surface area contributed by atoms with Crippen molar-refractivity contribution < 1.29 is 9.59 Å². The topological polar surface area (TPSA) is 64.7 Å². The highest BCUT2D eigenvalue weighted by atomic mass is 35.5. The average Bonchev–Trinajstić information content (AvgIpc) is 3.34. The minimum atomic E-state index is -0.963. The standard InChI is InChI=1S/C31H40Cl2N4O2/c1-30(2,3)19-26-31(23-11-10-22(33)18-24(23)34-29(31)39)27(20-7-5-8-21(32)17-20)28(35-26)25(38)9-6-12-37-15-13-36(4)14-16-37/h5,7-8,10-11,17-18,26-28,35H,6,9,12-16,19H2,1-4H3,(H,34,39)/t26-,27+,28+,31+/m1/s1. The molecule has 0 unspecified atom stereocenters. The van der Waals surface area contributed by atoms with E-state index >= 15 is 0 Å². The molecule has 2 aromatic carbocycles. The van der Waals surface area contributed by atoms with Crippen LogP contribution in [0.15, 0.2) is 42.5 Å². The second kappa shape index (κ2) is 11.1. The summed E-state index contributed by atoms with van der Waals surface area (Å²) in [6.45, 7) is 11.6. The number of likely N-dealkylation sites (N-methyl/N-ethyl adjacent to an activating group) is 1. The van der Waals surface area contributed by atoms with Crippen LogP contribution in [0.4, 0.5) is 5.69 Å². The maximum absolute atomic E-state index is 14.2. The molecule has 1 amide bonds. The van der Waals surface area contributed by atoms with E-state index in [0.29, 0.717) is 16.5 Å². The van der Waals surface area contributed by atoms with Crippen molar-refractivity contribution >= 4 is 40.6 Å². The van der Waals surface area contributed by atoms with E-state index < -0.39 is 17.4 Å². The molecule has 5 rings (SSSR count). The molecule has 2 saturated heterocycles. The molecule has 8 heteroatoms. The average molecular weight is 572 g/mol. The fourth-order valence-corrected chi connectivity index (χ4v) is 7.25. The molecule has 0 bridgehead atoms. The summed E-state index contributed by atoms with van der Waals surface area (Å²) >= 11 is 12.8. The zero-order valence-corrected chi connectivity index (χ0v) is 24.9. The number of hydrogen-bond donors (Lipinski definition) is 2. The summed E-state index contributed by atoms with van der Waals surface area (Å²) in [4.78, 5) is 33.0. The summed E-state index contributed by atoms with van der Waals surface area (Å²) in [5.74, 6) is -0.332. The van der Waals surface area contributed by atoms with E-state index in [1.165, 1.54) is 0 Å². The maximum atomic E-state index is 14.2. The number of rotatable bonds is 7. The van der Waals surface area contributed by atoms with E-state index in [2.05, 4.69) is 48.3 Å². The Morgan fingerprint density at radius 3 is 2.46 bits per heavy atom. The number of piperazine rings is 1. The molecule has 210 valence electrons. The predicted octanol–water partition coefficient (Wildman–Crippen LogP) is 5.34. The molecule has 0 radical (unpaired) electrons. The smallest absolute Gasteiger partial charge is 0.237 e. The number of amides is 1. The monoisotopic (exact) mass is 570 g/mol. The number of carbonyl (C=O) groups excluding carboxylic acids is 2. The van der Waals surface area contributed by atoms with Crippen LogP contribution in [0.1, 0.15) is 57.1 Å². The second-order valence-corrected chi connectivity index (χ2v) is 13.6. The van der Waals surface area contributed by atoms with Gasteiger partial charge in [0.15, 0.2) is 0 Å². The zero-order valence-electron chi connectivity index (χ0n) is 23.4. The van der Waals surface area contributed by atoms with Crippen molar-refractivity contribution in [1.29, 1.82) is 0 Å². The van der Waals surface area contributed by atoms with Crippen LogP contribution in [-0.2, 0) is 15.0 Å². The molecule has 2 aromatic rings. The maximum Gasteiger partial charge on any atom is 0.237 e. The summed E-state index contributed by atoms with van der Waals surface area (Å²) in [6, 6.07) is 12.5. The van der Waals surface area contributed by atoms with Gasteiger partial charge < -0.3 is 20.4 Å². The van der Waals surface area contributed by atoms with Gasteiger partial charge in [-0.2, -0.15) is 0 Å². The quantitative estimate of drug-likeness (QED) is 0.470. The third kappa shape index (κ3) is 5.64. The van der Waals surface area contributed by atoms with Crippen LogP contribution >= 0.6 is 23.2 Å². The molecule has 0 saturated carbocycles. The number of halogens is 2. The van der Waals surface area contributed by atoms with E-state index in [1.54, 1.807) is 0 Å². The number of benzene rings is 2. The Balaban J connectivity index is 1.52. The van der Waals surface area contributed by atoms with Crippen LogP contribution < -0.4 is 10.6 Å². The number of ketones is 1. The normalized spacial score (nSPS) is 27.6. The molecule has 4 atom stereocenters. The summed E-state index contributed by atoms with van der Waals surface area (Å²) in [7, 11) is 2.15. The van der Waals surface area contributed by atoms with Crippen LogP contribution in [0.3, 0.4) is 0 Å². The summed E-state index contributed by atoms with van der Waals surface area (Å²) < 4.78 is 0. The fourth-order valence-electron chi connectivity index (χ4n) is 6.88. The molecule has 0 aliphatic carbocycles. The van der Waals surface area contributed by atoms with Gasteiger partial charge >= 0.3 is 0 Å². The summed E-state index contributed by atoms with van der Waals surface area (Å²) in [6.07, 6.45) is 2.00. The molecule has 3 aliphatic heterocycles. The Labute approximate surface area is 242 Å². The first-order chi connectivity index (χ1) is 18.5. The number of Topliss-reactive ketones (excluding diaryl/α,β-unsaturated/α-hetero) is 1. The van der Waals surface area contributed by atoms with E-state index in [-0.39, 0.29) is 23.1 Å². The molecule has 2 N–H and O–H groups in total. The molecule has 3 aliphatic rings. The first-order valence-corrected chi connectivity index (χ1v) is 14.8. The van der Waals surface area contributed by atoms with Crippen LogP contribution in [0.5, 0.6) is 0 Å².